The van der Waals surface area contributed by atoms with Crippen molar-refractivity contribution in [2.45, 2.75) is 19.5 Å². The number of furan rings is 1. The average molecular weight is 481 g/mol. The fourth-order valence-electron chi connectivity index (χ4n) is 4.18. The molecule has 0 saturated heterocycles. The first-order valence-electron chi connectivity index (χ1n) is 12.0. The lowest BCUT2D eigenvalue weighted by Gasteiger charge is -2.17. The van der Waals surface area contributed by atoms with Crippen LogP contribution in [-0.4, -0.2) is 50.7 Å². The standard InChI is InChI=1S/C28H28N6O2/c1-33(19-21-8-3-2-4-9-21)14-7-13-30-28(35)24-16-26(22-10-5-12-29-17-22)32-27-25(24)18-31-34(27)20-23-11-6-15-36-23/h2-6,8-12,15-18H,7,13-14,19-20H2,1H3,(H,30,35). The number of nitrogens with one attached hydrogen (secondary N) is 1. The first kappa shape index (κ1) is 23.4. The quantitative estimate of drug-likeness (QED) is 0.298. The summed E-state index contributed by atoms with van der Waals surface area (Å²) >= 11 is 0. The lowest BCUT2D eigenvalue weighted by Crippen LogP contribution is -2.28. The fourth-order valence-corrected chi connectivity index (χ4v) is 4.18. The summed E-state index contributed by atoms with van der Waals surface area (Å²) in [5.74, 6) is 0.620. The zero-order chi connectivity index (χ0) is 24.7. The maximum atomic E-state index is 13.3. The predicted octanol–water partition coefficient (Wildman–Crippen LogP) is 4.39. The SMILES string of the molecule is CN(CCCNC(=O)c1cc(-c2cccnc2)nc2c1cnn2Cc1ccco1)Cc1ccccc1. The Balaban J connectivity index is 1.32. The third-order valence-corrected chi connectivity index (χ3v) is 5.99. The Kier molecular flexibility index (Phi) is 7.14. The number of hydrogen-bond acceptors (Lipinski definition) is 6. The van der Waals surface area contributed by atoms with Crippen molar-refractivity contribution in [1.29, 1.82) is 0 Å². The van der Waals surface area contributed by atoms with Crippen molar-refractivity contribution >= 4 is 16.9 Å². The molecule has 8 nitrogen and oxygen atoms in total. The van der Waals surface area contributed by atoms with E-state index in [1.54, 1.807) is 29.5 Å². The summed E-state index contributed by atoms with van der Waals surface area (Å²) in [6.07, 6.45) is 7.63. The molecule has 0 unspecified atom stereocenters. The number of amides is 1. The van der Waals surface area contributed by atoms with Crippen LogP contribution in [0.1, 0.15) is 28.1 Å². The Hall–Kier alpha value is -4.30. The van der Waals surface area contributed by atoms with Crippen LogP contribution < -0.4 is 5.32 Å². The van der Waals surface area contributed by atoms with Crippen LogP contribution in [0.5, 0.6) is 0 Å². The lowest BCUT2D eigenvalue weighted by molar-refractivity contribution is 0.0953. The molecule has 4 aromatic heterocycles. The molecule has 182 valence electrons. The number of rotatable bonds is 10. The van der Waals surface area contributed by atoms with Gasteiger partial charge in [-0.1, -0.05) is 30.3 Å². The number of benzene rings is 1. The molecule has 0 radical (unpaired) electrons. The minimum absolute atomic E-state index is 0.143. The summed E-state index contributed by atoms with van der Waals surface area (Å²) in [4.78, 5) is 24.6. The van der Waals surface area contributed by atoms with Gasteiger partial charge in [-0.25, -0.2) is 9.67 Å². The van der Waals surface area contributed by atoms with E-state index < -0.39 is 0 Å². The van der Waals surface area contributed by atoms with Crippen molar-refractivity contribution in [2.24, 2.45) is 0 Å². The molecule has 0 fully saturated rings. The van der Waals surface area contributed by atoms with E-state index in [1.807, 2.05) is 36.4 Å². The number of hydrogen-bond donors (Lipinski definition) is 1. The van der Waals surface area contributed by atoms with E-state index in [0.29, 0.717) is 35.4 Å². The van der Waals surface area contributed by atoms with Gasteiger partial charge in [0.05, 0.1) is 29.1 Å². The largest absolute Gasteiger partial charge is 0.467 e. The molecule has 0 atom stereocenters. The monoisotopic (exact) mass is 480 g/mol. The van der Waals surface area contributed by atoms with E-state index in [2.05, 4.69) is 51.6 Å². The topological polar surface area (TPSA) is 89.1 Å². The summed E-state index contributed by atoms with van der Waals surface area (Å²) in [7, 11) is 2.09. The average Bonchev–Trinajstić information content (AvgIpc) is 3.57. The van der Waals surface area contributed by atoms with E-state index in [-0.39, 0.29) is 5.91 Å². The van der Waals surface area contributed by atoms with Gasteiger partial charge >= 0.3 is 0 Å². The molecule has 5 aromatic rings. The molecule has 5 rings (SSSR count). The Morgan fingerprint density at radius 3 is 2.75 bits per heavy atom. The van der Waals surface area contributed by atoms with E-state index in [9.17, 15) is 4.79 Å². The van der Waals surface area contributed by atoms with Crippen molar-refractivity contribution < 1.29 is 9.21 Å². The van der Waals surface area contributed by atoms with Gasteiger partial charge in [-0.05, 0) is 55.9 Å². The minimum atomic E-state index is -0.143. The van der Waals surface area contributed by atoms with Crippen LogP contribution in [0.15, 0.2) is 89.9 Å². The molecule has 0 aliphatic carbocycles. The molecule has 1 aromatic carbocycles. The molecule has 36 heavy (non-hydrogen) atoms. The molecule has 0 saturated carbocycles. The van der Waals surface area contributed by atoms with Gasteiger partial charge in [0.1, 0.15) is 12.3 Å². The summed E-state index contributed by atoms with van der Waals surface area (Å²) < 4.78 is 7.24. The van der Waals surface area contributed by atoms with E-state index in [1.165, 1.54) is 5.56 Å². The molecule has 1 N–H and O–H groups in total. The van der Waals surface area contributed by atoms with Gasteiger partial charge in [0.15, 0.2) is 5.65 Å². The Bertz CT molecular complexity index is 1420. The molecule has 0 spiro atoms. The maximum Gasteiger partial charge on any atom is 0.252 e. The van der Waals surface area contributed by atoms with Gasteiger partial charge in [0.2, 0.25) is 0 Å². The van der Waals surface area contributed by atoms with Gasteiger partial charge in [-0.15, -0.1) is 0 Å². The second-order valence-corrected chi connectivity index (χ2v) is 8.75. The van der Waals surface area contributed by atoms with E-state index >= 15 is 0 Å². The highest BCUT2D eigenvalue weighted by atomic mass is 16.3. The van der Waals surface area contributed by atoms with Gasteiger partial charge in [-0.3, -0.25) is 9.78 Å². The molecule has 0 aliphatic heterocycles. The van der Waals surface area contributed by atoms with E-state index in [0.717, 1.165) is 30.8 Å². The summed E-state index contributed by atoms with van der Waals surface area (Å²) in [6, 6.07) is 19.7. The van der Waals surface area contributed by atoms with Crippen molar-refractivity contribution in [3.05, 3.63) is 102 Å². The highest BCUT2D eigenvalue weighted by Crippen LogP contribution is 2.25. The van der Waals surface area contributed by atoms with Crippen LogP contribution in [0.2, 0.25) is 0 Å². The summed E-state index contributed by atoms with van der Waals surface area (Å²) in [5, 5.41) is 8.28. The number of aromatic nitrogens is 4. The zero-order valence-electron chi connectivity index (χ0n) is 20.2. The number of nitrogens with zero attached hydrogens (tertiary/aromatic N) is 5. The molecule has 1 amide bonds. The molecule has 0 bridgehead atoms. The Morgan fingerprint density at radius 1 is 1.08 bits per heavy atom. The van der Waals surface area contributed by atoms with Crippen molar-refractivity contribution in [3.63, 3.8) is 0 Å². The number of fused-ring (bicyclic) bond motifs is 1. The van der Waals surface area contributed by atoms with Gasteiger partial charge in [-0.2, -0.15) is 5.10 Å². The molecule has 0 aliphatic rings. The third kappa shape index (κ3) is 5.50. The predicted molar refractivity (Wildman–Crippen MR) is 138 cm³/mol. The first-order chi connectivity index (χ1) is 17.7. The Labute approximate surface area is 209 Å². The third-order valence-electron chi connectivity index (χ3n) is 5.99. The Morgan fingerprint density at radius 2 is 1.97 bits per heavy atom. The number of carbonyl (C=O) groups excluding carboxylic acids is 1. The highest BCUT2D eigenvalue weighted by Gasteiger charge is 2.18. The molecule has 4 heterocycles. The minimum Gasteiger partial charge on any atom is -0.467 e. The van der Waals surface area contributed by atoms with Crippen molar-refractivity contribution in [2.75, 3.05) is 20.1 Å². The number of pyridine rings is 2. The number of carbonyl (C=O) groups is 1. The van der Waals surface area contributed by atoms with Crippen LogP contribution in [-0.2, 0) is 13.1 Å². The molecular weight excluding hydrogens is 452 g/mol. The van der Waals surface area contributed by atoms with Crippen LogP contribution >= 0.6 is 0 Å². The van der Waals surface area contributed by atoms with Crippen LogP contribution in [0.4, 0.5) is 0 Å². The fraction of sp³-hybridized carbons (Fsp3) is 0.214. The van der Waals surface area contributed by atoms with Crippen LogP contribution in [0.3, 0.4) is 0 Å². The highest BCUT2D eigenvalue weighted by molar-refractivity contribution is 6.06. The van der Waals surface area contributed by atoms with Gasteiger partial charge in [0.25, 0.3) is 5.91 Å². The zero-order valence-corrected chi connectivity index (χ0v) is 20.2. The normalized spacial score (nSPS) is 11.3. The smallest absolute Gasteiger partial charge is 0.252 e. The van der Waals surface area contributed by atoms with E-state index in [4.69, 9.17) is 9.40 Å². The summed E-state index contributed by atoms with van der Waals surface area (Å²) in [6.45, 7) is 2.76. The van der Waals surface area contributed by atoms with Crippen molar-refractivity contribution in [3.8, 4) is 11.3 Å². The van der Waals surface area contributed by atoms with Crippen LogP contribution in [0.25, 0.3) is 22.3 Å². The lowest BCUT2D eigenvalue weighted by atomic mass is 10.1. The molecular formula is C28H28N6O2. The summed E-state index contributed by atoms with van der Waals surface area (Å²) in [5.41, 5.74) is 3.95. The first-order valence-corrected chi connectivity index (χ1v) is 12.0. The van der Waals surface area contributed by atoms with Gasteiger partial charge < -0.3 is 14.6 Å². The second kappa shape index (κ2) is 11.0. The van der Waals surface area contributed by atoms with Crippen molar-refractivity contribution in [1.82, 2.24) is 30.0 Å². The second-order valence-electron chi connectivity index (χ2n) is 8.75. The van der Waals surface area contributed by atoms with Gasteiger partial charge in [0, 0.05) is 31.0 Å². The molecule has 8 heteroatoms. The van der Waals surface area contributed by atoms with Crippen LogP contribution in [0, 0.1) is 0 Å². The maximum absolute atomic E-state index is 13.3.